The molecule has 0 fully saturated rings. The third kappa shape index (κ3) is 5.32. The van der Waals surface area contributed by atoms with Crippen LogP contribution < -0.4 is 14.9 Å². The normalized spacial score (nSPS) is 10.7. The summed E-state index contributed by atoms with van der Waals surface area (Å²) in [5.41, 5.74) is 4.49. The summed E-state index contributed by atoms with van der Waals surface area (Å²) in [5.74, 6) is -0.204. The van der Waals surface area contributed by atoms with Crippen molar-refractivity contribution in [2.24, 2.45) is 5.10 Å². The molecule has 0 atom stereocenters. The summed E-state index contributed by atoms with van der Waals surface area (Å²) < 4.78 is 16.3. The molecule has 29 heavy (non-hydrogen) atoms. The number of benzene rings is 2. The van der Waals surface area contributed by atoms with Gasteiger partial charge in [0.05, 0.1) is 18.9 Å². The third-order valence-corrected chi connectivity index (χ3v) is 4.28. The largest absolute Gasteiger partial charge is 0.493 e. The van der Waals surface area contributed by atoms with E-state index in [1.807, 2.05) is 19.1 Å². The number of methoxy groups -OCH3 is 1. The van der Waals surface area contributed by atoms with Crippen molar-refractivity contribution >= 4 is 34.0 Å². The van der Waals surface area contributed by atoms with Crippen LogP contribution in [0, 0.1) is 6.92 Å². The second-order valence-corrected chi connectivity index (χ2v) is 6.75. The highest BCUT2D eigenvalue weighted by Crippen LogP contribution is 2.28. The van der Waals surface area contributed by atoms with Gasteiger partial charge in [0, 0.05) is 0 Å². The molecule has 2 aromatic carbocycles. The van der Waals surface area contributed by atoms with Gasteiger partial charge in [-0.3, -0.25) is 4.79 Å². The van der Waals surface area contributed by atoms with E-state index in [1.54, 1.807) is 36.4 Å². The van der Waals surface area contributed by atoms with Gasteiger partial charge >= 0.3 is 11.9 Å². The number of halogens is 1. The molecule has 1 aromatic heterocycles. The van der Waals surface area contributed by atoms with Gasteiger partial charge in [-0.05, 0) is 70.9 Å². The van der Waals surface area contributed by atoms with Crippen molar-refractivity contribution in [3.05, 3.63) is 81.7 Å². The van der Waals surface area contributed by atoms with E-state index in [4.69, 9.17) is 13.9 Å². The molecular formula is C21H17BrN2O5. The van der Waals surface area contributed by atoms with Gasteiger partial charge in [0.25, 0.3) is 0 Å². The van der Waals surface area contributed by atoms with Crippen molar-refractivity contribution in [2.45, 2.75) is 6.92 Å². The van der Waals surface area contributed by atoms with Crippen LogP contribution in [0.3, 0.4) is 0 Å². The molecule has 1 N–H and O–H groups in total. The van der Waals surface area contributed by atoms with E-state index in [0.29, 0.717) is 21.5 Å². The highest BCUT2D eigenvalue weighted by atomic mass is 79.9. The minimum atomic E-state index is -0.485. The van der Waals surface area contributed by atoms with Gasteiger partial charge in [0.15, 0.2) is 21.9 Å². The quantitative estimate of drug-likeness (QED) is 0.257. The Kier molecular flexibility index (Phi) is 6.46. The van der Waals surface area contributed by atoms with Crippen LogP contribution in [-0.2, 0) is 0 Å². The summed E-state index contributed by atoms with van der Waals surface area (Å²) in [6.45, 7) is 1.94. The molecule has 7 nitrogen and oxygen atoms in total. The Balaban J connectivity index is 1.67. The number of hydrazone groups is 1. The number of amides is 1. The van der Waals surface area contributed by atoms with Crippen LogP contribution >= 0.6 is 15.9 Å². The number of esters is 1. The van der Waals surface area contributed by atoms with Crippen molar-refractivity contribution in [1.82, 2.24) is 5.43 Å². The second-order valence-electron chi connectivity index (χ2n) is 5.97. The Morgan fingerprint density at radius 2 is 1.83 bits per heavy atom. The molecule has 0 radical (unpaired) electrons. The van der Waals surface area contributed by atoms with E-state index in [1.165, 1.54) is 19.4 Å². The molecular weight excluding hydrogens is 440 g/mol. The van der Waals surface area contributed by atoms with Crippen molar-refractivity contribution in [2.75, 3.05) is 7.11 Å². The highest BCUT2D eigenvalue weighted by molar-refractivity contribution is 9.10. The molecule has 148 valence electrons. The lowest BCUT2D eigenvalue weighted by molar-refractivity contribution is 0.0729. The third-order valence-electron chi connectivity index (χ3n) is 3.85. The molecule has 3 rings (SSSR count). The Hall–Kier alpha value is -3.39. The molecule has 0 aliphatic carbocycles. The summed E-state index contributed by atoms with van der Waals surface area (Å²) in [6.07, 6.45) is 1.43. The van der Waals surface area contributed by atoms with Gasteiger partial charge in [0.1, 0.15) is 0 Å². The summed E-state index contributed by atoms with van der Waals surface area (Å²) >= 11 is 3.13. The average molecular weight is 457 g/mol. The van der Waals surface area contributed by atoms with Crippen LogP contribution in [0.25, 0.3) is 0 Å². The summed E-state index contributed by atoms with van der Waals surface area (Å²) in [5, 5.41) is 3.89. The number of furan rings is 1. The minimum absolute atomic E-state index is 0.130. The summed E-state index contributed by atoms with van der Waals surface area (Å²) in [4.78, 5) is 24.2. The van der Waals surface area contributed by atoms with Crippen LogP contribution in [0.15, 0.2) is 68.8 Å². The molecule has 0 saturated carbocycles. The first-order chi connectivity index (χ1) is 14.0. The first kappa shape index (κ1) is 20.3. The number of carbonyl (C=O) groups excluding carboxylic acids is 2. The SMILES string of the molecule is COc1cc(/C=N\NC(=O)c2ccc(Br)o2)ccc1OC(=O)c1ccc(C)cc1. The monoisotopic (exact) mass is 456 g/mol. The lowest BCUT2D eigenvalue weighted by Crippen LogP contribution is -2.16. The van der Waals surface area contributed by atoms with Crippen LogP contribution in [-0.4, -0.2) is 25.2 Å². The molecule has 0 saturated heterocycles. The van der Waals surface area contributed by atoms with E-state index >= 15 is 0 Å². The molecule has 0 unspecified atom stereocenters. The fourth-order valence-corrected chi connectivity index (χ4v) is 2.66. The van der Waals surface area contributed by atoms with Crippen molar-refractivity contribution in [3.8, 4) is 11.5 Å². The van der Waals surface area contributed by atoms with Crippen molar-refractivity contribution < 1.29 is 23.5 Å². The van der Waals surface area contributed by atoms with E-state index in [0.717, 1.165) is 5.56 Å². The van der Waals surface area contributed by atoms with Crippen LogP contribution in [0.4, 0.5) is 0 Å². The number of nitrogens with one attached hydrogen (secondary N) is 1. The summed E-state index contributed by atoms with van der Waals surface area (Å²) in [6, 6.07) is 15.1. The van der Waals surface area contributed by atoms with Crippen LogP contribution in [0.2, 0.25) is 0 Å². The number of aryl methyl sites for hydroxylation is 1. The zero-order valence-corrected chi connectivity index (χ0v) is 17.2. The Bertz CT molecular complexity index is 1060. The van der Waals surface area contributed by atoms with Gasteiger partial charge in [-0.1, -0.05) is 17.7 Å². The van der Waals surface area contributed by atoms with Gasteiger partial charge in [0.2, 0.25) is 0 Å². The number of carbonyl (C=O) groups is 2. The van der Waals surface area contributed by atoms with Gasteiger partial charge in [-0.25, -0.2) is 10.2 Å². The molecule has 1 heterocycles. The zero-order chi connectivity index (χ0) is 20.8. The Morgan fingerprint density at radius 1 is 1.07 bits per heavy atom. The number of ether oxygens (including phenoxy) is 2. The standard InChI is InChI=1S/C21H17BrN2O5/c1-13-3-6-15(7-4-13)21(26)29-16-8-5-14(11-18(16)27-2)12-23-24-20(25)17-9-10-19(22)28-17/h3-12H,1-2H3,(H,24,25)/b23-12-. The first-order valence-electron chi connectivity index (χ1n) is 8.52. The fraction of sp³-hybridized carbons (Fsp3) is 0.0952. The van der Waals surface area contributed by atoms with E-state index in [-0.39, 0.29) is 11.5 Å². The number of rotatable bonds is 6. The predicted molar refractivity (Wildman–Crippen MR) is 111 cm³/mol. The number of hydrogen-bond donors (Lipinski definition) is 1. The lowest BCUT2D eigenvalue weighted by Gasteiger charge is -2.10. The summed E-state index contributed by atoms with van der Waals surface area (Å²) in [7, 11) is 1.47. The second kappa shape index (κ2) is 9.20. The molecule has 0 aliphatic rings. The predicted octanol–water partition coefficient (Wildman–Crippen LogP) is 4.34. The van der Waals surface area contributed by atoms with Gasteiger partial charge in [-0.2, -0.15) is 5.10 Å². The fourth-order valence-electron chi connectivity index (χ4n) is 2.35. The van der Waals surface area contributed by atoms with Crippen molar-refractivity contribution in [3.63, 3.8) is 0 Å². The Morgan fingerprint density at radius 3 is 2.48 bits per heavy atom. The molecule has 8 heteroatoms. The maximum Gasteiger partial charge on any atom is 0.343 e. The first-order valence-corrected chi connectivity index (χ1v) is 9.31. The highest BCUT2D eigenvalue weighted by Gasteiger charge is 2.13. The number of hydrogen-bond acceptors (Lipinski definition) is 6. The minimum Gasteiger partial charge on any atom is -0.493 e. The van der Waals surface area contributed by atoms with Crippen LogP contribution in [0.1, 0.15) is 32.0 Å². The van der Waals surface area contributed by atoms with E-state index in [9.17, 15) is 9.59 Å². The van der Waals surface area contributed by atoms with Gasteiger partial charge in [-0.15, -0.1) is 0 Å². The molecule has 0 aliphatic heterocycles. The molecule has 0 spiro atoms. The topological polar surface area (TPSA) is 90.1 Å². The molecule has 0 bridgehead atoms. The number of nitrogens with zero attached hydrogens (tertiary/aromatic N) is 1. The Labute approximate surface area is 175 Å². The molecule has 1 amide bonds. The maximum atomic E-state index is 12.3. The van der Waals surface area contributed by atoms with E-state index < -0.39 is 11.9 Å². The average Bonchev–Trinajstić information content (AvgIpc) is 3.15. The van der Waals surface area contributed by atoms with Gasteiger partial charge < -0.3 is 13.9 Å². The van der Waals surface area contributed by atoms with E-state index in [2.05, 4.69) is 26.5 Å². The zero-order valence-electron chi connectivity index (χ0n) is 15.6. The lowest BCUT2D eigenvalue weighted by atomic mass is 10.1. The maximum absolute atomic E-state index is 12.3. The molecule has 3 aromatic rings. The smallest absolute Gasteiger partial charge is 0.343 e. The van der Waals surface area contributed by atoms with Crippen LogP contribution in [0.5, 0.6) is 11.5 Å². The van der Waals surface area contributed by atoms with Crippen molar-refractivity contribution in [1.29, 1.82) is 0 Å².